The van der Waals surface area contributed by atoms with Crippen LogP contribution in [0.25, 0.3) is 0 Å². The Morgan fingerprint density at radius 2 is 0.614 bits per heavy atom. The van der Waals surface area contributed by atoms with Crippen molar-refractivity contribution in [3.8, 4) is 0 Å². The van der Waals surface area contributed by atoms with Crippen molar-refractivity contribution in [1.82, 2.24) is 30.7 Å². The number of amides is 3. The molecule has 0 bridgehead atoms. The minimum atomic E-state index is -0.463. The Morgan fingerprint density at radius 1 is 0.414 bits per heavy atom. The third-order valence-electron chi connectivity index (χ3n) is 15.1. The van der Waals surface area contributed by atoms with Gasteiger partial charge in [0.05, 0.1) is 14.8 Å². The lowest BCUT2D eigenvalue weighted by atomic mass is 9.90. The van der Waals surface area contributed by atoms with Gasteiger partial charge in [0, 0.05) is 89.3 Å². The third kappa shape index (κ3) is 14.3. The van der Waals surface area contributed by atoms with E-state index in [1.807, 2.05) is 0 Å². The predicted octanol–water partition coefficient (Wildman–Crippen LogP) is 7.47. The van der Waals surface area contributed by atoms with Crippen molar-refractivity contribution in [1.29, 1.82) is 0 Å². The van der Waals surface area contributed by atoms with Crippen molar-refractivity contribution < 1.29 is 34.6 Å². The molecule has 6 saturated heterocycles. The molecule has 70 heavy (non-hydrogen) atoms. The van der Waals surface area contributed by atoms with Crippen molar-refractivity contribution in [3.05, 3.63) is 120 Å². The number of benzene rings is 3. The molecule has 9 rings (SSSR count). The number of carbonyl (C=O) groups is 3. The maximum atomic E-state index is 12.1. The first kappa shape index (κ1) is 59.3. The predicted molar refractivity (Wildman–Crippen MR) is 274 cm³/mol. The van der Waals surface area contributed by atoms with Crippen molar-refractivity contribution in [2.75, 3.05) is 58.9 Å². The van der Waals surface area contributed by atoms with Crippen LogP contribution >= 0.6 is 37.2 Å². The van der Waals surface area contributed by atoms with E-state index >= 15 is 0 Å². The number of hydrogen-bond donors (Lipinski definition) is 3. The van der Waals surface area contributed by atoms with Crippen molar-refractivity contribution >= 4 is 72.0 Å². The van der Waals surface area contributed by atoms with E-state index < -0.39 is 14.8 Å². The topological polar surface area (TPSA) is 258 Å². The molecule has 3 amide bonds. The summed E-state index contributed by atoms with van der Waals surface area (Å²) in [6.45, 7) is 9.12. The molecule has 0 unspecified atom stereocenters. The molecule has 22 heteroatoms. The van der Waals surface area contributed by atoms with Crippen LogP contribution in [0.3, 0.4) is 0 Å². The van der Waals surface area contributed by atoms with Gasteiger partial charge in [0.2, 0.25) is 0 Å². The van der Waals surface area contributed by atoms with E-state index in [0.29, 0.717) is 52.9 Å². The van der Waals surface area contributed by atoms with Gasteiger partial charge >= 0.3 is 0 Å². The van der Waals surface area contributed by atoms with Crippen molar-refractivity contribution in [2.24, 2.45) is 0 Å². The quantitative estimate of drug-likeness (QED) is 0.0990. The fraction of sp³-hybridized carbons (Fsp3) is 0.562. The van der Waals surface area contributed by atoms with Crippen LogP contribution in [0.5, 0.6) is 0 Å². The maximum Gasteiger partial charge on any atom is 0.269 e. The van der Waals surface area contributed by atoms with Crippen LogP contribution in [0.2, 0.25) is 0 Å². The molecule has 6 aliphatic heterocycles. The Hall–Kier alpha value is -5.02. The van der Waals surface area contributed by atoms with E-state index in [9.17, 15) is 44.7 Å². The van der Waals surface area contributed by atoms with E-state index in [1.54, 1.807) is 0 Å². The fourth-order valence-corrected chi connectivity index (χ4v) is 11.6. The summed E-state index contributed by atoms with van der Waals surface area (Å²) in [4.78, 5) is 74.4. The molecule has 3 aromatic rings. The Balaban J connectivity index is 0.000000270. The zero-order chi connectivity index (χ0) is 46.7. The number of hydrogen-bond acceptors (Lipinski definition) is 12. The third-order valence-corrected chi connectivity index (χ3v) is 15.1. The summed E-state index contributed by atoms with van der Waals surface area (Å²) in [7, 11) is 0. The highest BCUT2D eigenvalue weighted by Crippen LogP contribution is 2.43. The van der Waals surface area contributed by atoms with Crippen LogP contribution in [0.4, 0.5) is 17.1 Å². The van der Waals surface area contributed by atoms with E-state index in [4.69, 9.17) is 0 Å². The van der Waals surface area contributed by atoms with Gasteiger partial charge in [-0.25, -0.2) is 0 Å². The standard InChI is InChI=1S/3C16H21N3O3.3ClH.H2O/c3*20-15(13-3-5-14(6-4-13)19(21)22)17-10-9-16-7-1-11-18(16)12-2-8-16;;;;/h3*3-6H,1-2,7-12H2,(H,17,20);3*1H;1H2. The highest BCUT2D eigenvalue weighted by Gasteiger charge is 2.45. The summed E-state index contributed by atoms with van der Waals surface area (Å²) in [6, 6.07) is 17.2. The number of non-ortho nitro benzene ring substituents is 3. The van der Waals surface area contributed by atoms with Crippen molar-refractivity contribution in [2.45, 2.75) is 113 Å². The van der Waals surface area contributed by atoms with E-state index in [-0.39, 0.29) is 77.5 Å². The first-order valence-electron chi connectivity index (χ1n) is 23.7. The molecular formula is C48H68Cl3N9O10. The average Bonchev–Trinajstić information content (AvgIpc) is 4.18. The van der Waals surface area contributed by atoms with Gasteiger partial charge in [0.15, 0.2) is 0 Å². The highest BCUT2D eigenvalue weighted by atomic mass is 35.5. The molecule has 0 saturated carbocycles. The first-order chi connectivity index (χ1) is 31.8. The summed E-state index contributed by atoms with van der Waals surface area (Å²) >= 11 is 0. The van der Waals surface area contributed by atoms with Crippen LogP contribution in [0.15, 0.2) is 72.8 Å². The number of nitro groups is 3. The summed E-state index contributed by atoms with van der Waals surface area (Å²) in [5.74, 6) is -0.475. The number of halogens is 3. The van der Waals surface area contributed by atoms with Gasteiger partial charge in [-0.05, 0) is 172 Å². The van der Waals surface area contributed by atoms with Gasteiger partial charge in [-0.15, -0.1) is 37.2 Å². The SMILES string of the molecule is Cl.Cl.Cl.O.O=C(NCCC12CCCN1CCC2)c1ccc([N+](=O)[O-])cc1.O=C(NCCC12CCCN1CCC2)c1ccc([N+](=O)[O-])cc1.O=C(NCCC12CCCN1CCC2)c1ccc([N+](=O)[O-])cc1. The molecule has 6 fully saturated rings. The maximum absolute atomic E-state index is 12.1. The summed E-state index contributed by atoms with van der Waals surface area (Å²) in [6.07, 6.45) is 18.0. The first-order valence-corrected chi connectivity index (χ1v) is 23.7. The Bertz CT molecular complexity index is 1950. The van der Waals surface area contributed by atoms with E-state index in [0.717, 1.165) is 19.3 Å². The zero-order valence-corrected chi connectivity index (χ0v) is 41.9. The van der Waals surface area contributed by atoms with Crippen LogP contribution < -0.4 is 16.0 Å². The molecule has 0 radical (unpaired) electrons. The van der Waals surface area contributed by atoms with Gasteiger partial charge in [-0.1, -0.05) is 0 Å². The summed E-state index contributed by atoms with van der Waals surface area (Å²) in [5.41, 5.74) is 2.34. The highest BCUT2D eigenvalue weighted by molar-refractivity contribution is 5.95. The minimum Gasteiger partial charge on any atom is -0.412 e. The number of rotatable bonds is 15. The van der Waals surface area contributed by atoms with Crippen LogP contribution in [-0.4, -0.2) is 128 Å². The molecule has 386 valence electrons. The van der Waals surface area contributed by atoms with Crippen LogP contribution in [-0.2, 0) is 0 Å². The van der Waals surface area contributed by atoms with Gasteiger partial charge in [-0.2, -0.15) is 0 Å². The molecular weight excluding hydrogens is 969 g/mol. The van der Waals surface area contributed by atoms with Crippen molar-refractivity contribution in [3.63, 3.8) is 0 Å². The second kappa shape index (κ2) is 27.0. The van der Waals surface area contributed by atoms with E-state index in [2.05, 4.69) is 30.7 Å². The fourth-order valence-electron chi connectivity index (χ4n) is 11.6. The zero-order valence-electron chi connectivity index (χ0n) is 39.5. The second-order valence-electron chi connectivity index (χ2n) is 18.7. The summed E-state index contributed by atoms with van der Waals surface area (Å²) < 4.78 is 0. The largest absolute Gasteiger partial charge is 0.412 e. The Morgan fingerprint density at radius 3 is 0.800 bits per heavy atom. The van der Waals surface area contributed by atoms with Gasteiger partial charge < -0.3 is 21.4 Å². The number of nitrogens with zero attached hydrogens (tertiary/aromatic N) is 6. The number of nitrogens with one attached hydrogen (secondary N) is 3. The summed E-state index contributed by atoms with van der Waals surface area (Å²) in [5, 5.41) is 40.7. The molecule has 6 heterocycles. The molecule has 0 aliphatic carbocycles. The second-order valence-corrected chi connectivity index (χ2v) is 18.7. The van der Waals surface area contributed by atoms with Crippen LogP contribution in [0, 0.1) is 30.3 Å². The van der Waals surface area contributed by atoms with Gasteiger partial charge in [-0.3, -0.25) is 59.4 Å². The smallest absolute Gasteiger partial charge is 0.269 e. The molecule has 6 aliphatic rings. The lowest BCUT2D eigenvalue weighted by Gasteiger charge is -2.32. The number of fused-ring (bicyclic) bond motifs is 3. The molecule has 5 N–H and O–H groups in total. The number of carbonyl (C=O) groups excluding carboxylic acids is 3. The molecule has 0 atom stereocenters. The van der Waals surface area contributed by atoms with Crippen LogP contribution in [0.1, 0.15) is 127 Å². The lowest BCUT2D eigenvalue weighted by Crippen LogP contribution is -2.41. The van der Waals surface area contributed by atoms with Gasteiger partial charge in [0.1, 0.15) is 0 Å². The molecule has 3 aromatic carbocycles. The normalized spacial score (nSPS) is 18.7. The number of nitro benzene ring substituents is 3. The monoisotopic (exact) mass is 1040 g/mol. The van der Waals surface area contributed by atoms with Gasteiger partial charge in [0.25, 0.3) is 34.8 Å². The average molecular weight is 1040 g/mol. The molecule has 19 nitrogen and oxygen atoms in total. The molecule has 0 spiro atoms. The Kier molecular flexibility index (Phi) is 22.9. The lowest BCUT2D eigenvalue weighted by molar-refractivity contribution is -0.385. The molecule has 0 aromatic heterocycles. The van der Waals surface area contributed by atoms with E-state index in [1.165, 1.54) is 189 Å². The Labute approximate surface area is 427 Å². The minimum absolute atomic E-state index is 0.